The fourth-order valence-electron chi connectivity index (χ4n) is 2.38. The Bertz CT molecular complexity index is 251. The van der Waals surface area contributed by atoms with Crippen molar-refractivity contribution in [2.45, 2.75) is 57.9 Å². The van der Waals surface area contributed by atoms with Gasteiger partial charge in [-0.1, -0.05) is 19.8 Å². The van der Waals surface area contributed by atoms with Gasteiger partial charge in [0, 0.05) is 13.2 Å². The van der Waals surface area contributed by atoms with Crippen LogP contribution < -0.4 is 5.32 Å². The largest absolute Gasteiger partial charge is 0.480 e. The van der Waals surface area contributed by atoms with E-state index in [0.717, 1.165) is 19.6 Å². The van der Waals surface area contributed by atoms with Crippen molar-refractivity contribution in [2.75, 3.05) is 19.8 Å². The number of carboxylic acids is 1. The standard InChI is InChI=1S/C14H27NO3/c1-3-9-15-14(2,13(16)17)8-10-18-11-12-6-4-5-7-12/h12,15H,3-11H2,1-2H3,(H,16,17). The number of carbonyl (C=O) groups is 1. The minimum absolute atomic E-state index is 0.523. The van der Waals surface area contributed by atoms with E-state index < -0.39 is 11.5 Å². The summed E-state index contributed by atoms with van der Waals surface area (Å²) in [7, 11) is 0. The van der Waals surface area contributed by atoms with E-state index in [-0.39, 0.29) is 0 Å². The summed E-state index contributed by atoms with van der Waals surface area (Å²) in [6.07, 6.45) is 6.63. The molecule has 0 aromatic heterocycles. The molecular formula is C14H27NO3. The van der Waals surface area contributed by atoms with Gasteiger partial charge in [0.05, 0.1) is 0 Å². The topological polar surface area (TPSA) is 58.6 Å². The Labute approximate surface area is 110 Å². The molecule has 1 aliphatic rings. The van der Waals surface area contributed by atoms with E-state index in [9.17, 15) is 9.90 Å². The predicted octanol–water partition coefficient (Wildman–Crippen LogP) is 2.43. The summed E-state index contributed by atoms with van der Waals surface area (Å²) in [5, 5.41) is 12.3. The van der Waals surface area contributed by atoms with Gasteiger partial charge in [0.1, 0.15) is 5.54 Å². The van der Waals surface area contributed by atoms with Gasteiger partial charge in [-0.15, -0.1) is 0 Å². The van der Waals surface area contributed by atoms with Gasteiger partial charge >= 0.3 is 5.97 Å². The van der Waals surface area contributed by atoms with Crippen molar-refractivity contribution in [2.24, 2.45) is 5.92 Å². The molecule has 0 aromatic rings. The van der Waals surface area contributed by atoms with Gasteiger partial charge in [-0.2, -0.15) is 0 Å². The van der Waals surface area contributed by atoms with Gasteiger partial charge in [-0.25, -0.2) is 0 Å². The SMILES string of the molecule is CCCNC(C)(CCOCC1CCCC1)C(=O)O. The Morgan fingerprint density at radius 3 is 2.67 bits per heavy atom. The summed E-state index contributed by atoms with van der Waals surface area (Å²) in [5.41, 5.74) is -0.855. The molecule has 0 spiro atoms. The quantitative estimate of drug-likeness (QED) is 0.623. The predicted molar refractivity (Wildman–Crippen MR) is 71.7 cm³/mol. The van der Waals surface area contributed by atoms with Crippen molar-refractivity contribution in [3.05, 3.63) is 0 Å². The zero-order chi connectivity index (χ0) is 13.4. The maximum absolute atomic E-state index is 11.3. The Morgan fingerprint density at radius 1 is 1.44 bits per heavy atom. The average Bonchev–Trinajstić information content (AvgIpc) is 2.85. The second-order valence-electron chi connectivity index (χ2n) is 5.54. The highest BCUT2D eigenvalue weighted by molar-refractivity contribution is 5.78. The first-order valence-electron chi connectivity index (χ1n) is 7.14. The molecule has 4 nitrogen and oxygen atoms in total. The van der Waals surface area contributed by atoms with Crippen LogP contribution in [0, 0.1) is 5.92 Å². The molecular weight excluding hydrogens is 230 g/mol. The maximum atomic E-state index is 11.3. The van der Waals surface area contributed by atoms with Crippen LogP contribution >= 0.6 is 0 Å². The van der Waals surface area contributed by atoms with Crippen LogP contribution in [0.4, 0.5) is 0 Å². The lowest BCUT2D eigenvalue weighted by atomic mass is 9.98. The molecule has 0 aromatic carbocycles. The van der Waals surface area contributed by atoms with Gasteiger partial charge in [0.2, 0.25) is 0 Å². The lowest BCUT2D eigenvalue weighted by Gasteiger charge is -2.26. The summed E-state index contributed by atoms with van der Waals surface area (Å²) in [5.74, 6) is -0.0925. The van der Waals surface area contributed by atoms with E-state index >= 15 is 0 Å². The molecule has 1 fully saturated rings. The molecule has 106 valence electrons. The van der Waals surface area contributed by atoms with Crippen LogP contribution in [-0.2, 0) is 9.53 Å². The molecule has 1 atom stereocenters. The Balaban J connectivity index is 2.21. The molecule has 0 amide bonds. The third-order valence-corrected chi connectivity index (χ3v) is 3.81. The van der Waals surface area contributed by atoms with Crippen LogP contribution in [0.2, 0.25) is 0 Å². The fourth-order valence-corrected chi connectivity index (χ4v) is 2.38. The number of rotatable bonds is 9. The molecule has 0 saturated heterocycles. The Hall–Kier alpha value is -0.610. The molecule has 0 aliphatic heterocycles. The van der Waals surface area contributed by atoms with Crippen molar-refractivity contribution in [3.8, 4) is 0 Å². The molecule has 1 saturated carbocycles. The Morgan fingerprint density at radius 2 is 2.11 bits per heavy atom. The molecule has 0 bridgehead atoms. The van der Waals surface area contributed by atoms with E-state index in [2.05, 4.69) is 5.32 Å². The number of hydrogen-bond acceptors (Lipinski definition) is 3. The van der Waals surface area contributed by atoms with Crippen LogP contribution in [0.1, 0.15) is 52.4 Å². The van der Waals surface area contributed by atoms with Crippen LogP contribution in [-0.4, -0.2) is 36.4 Å². The molecule has 1 unspecified atom stereocenters. The van der Waals surface area contributed by atoms with E-state index in [4.69, 9.17) is 4.74 Å². The van der Waals surface area contributed by atoms with E-state index in [0.29, 0.717) is 18.9 Å². The van der Waals surface area contributed by atoms with Gasteiger partial charge in [-0.3, -0.25) is 4.79 Å². The second kappa shape index (κ2) is 7.74. The van der Waals surface area contributed by atoms with Crippen LogP contribution in [0.15, 0.2) is 0 Å². The minimum atomic E-state index is -0.855. The van der Waals surface area contributed by atoms with Crippen LogP contribution in [0.25, 0.3) is 0 Å². The monoisotopic (exact) mass is 257 g/mol. The third kappa shape index (κ3) is 4.94. The van der Waals surface area contributed by atoms with Crippen molar-refractivity contribution < 1.29 is 14.6 Å². The lowest BCUT2D eigenvalue weighted by molar-refractivity contribution is -0.145. The van der Waals surface area contributed by atoms with Crippen molar-refractivity contribution >= 4 is 5.97 Å². The number of carboxylic acid groups (broad SMARTS) is 1. The minimum Gasteiger partial charge on any atom is -0.480 e. The number of hydrogen-bond donors (Lipinski definition) is 2. The Kier molecular flexibility index (Phi) is 6.65. The summed E-state index contributed by atoms with van der Waals surface area (Å²) in [6, 6.07) is 0. The van der Waals surface area contributed by atoms with Crippen molar-refractivity contribution in [3.63, 3.8) is 0 Å². The summed E-state index contributed by atoms with van der Waals surface area (Å²) >= 11 is 0. The van der Waals surface area contributed by atoms with Gasteiger partial charge in [0.25, 0.3) is 0 Å². The van der Waals surface area contributed by atoms with Crippen molar-refractivity contribution in [1.29, 1.82) is 0 Å². The highest BCUT2D eigenvalue weighted by atomic mass is 16.5. The van der Waals surface area contributed by atoms with Gasteiger partial charge in [-0.05, 0) is 45.1 Å². The summed E-state index contributed by atoms with van der Waals surface area (Å²) in [6.45, 7) is 5.82. The third-order valence-electron chi connectivity index (χ3n) is 3.81. The van der Waals surface area contributed by atoms with Gasteiger partial charge < -0.3 is 15.2 Å². The summed E-state index contributed by atoms with van der Waals surface area (Å²) in [4.78, 5) is 11.3. The van der Waals surface area contributed by atoms with Crippen molar-refractivity contribution in [1.82, 2.24) is 5.32 Å². The lowest BCUT2D eigenvalue weighted by Crippen LogP contribution is -2.50. The molecule has 1 rings (SSSR count). The number of nitrogens with one attached hydrogen (secondary N) is 1. The highest BCUT2D eigenvalue weighted by Crippen LogP contribution is 2.24. The van der Waals surface area contributed by atoms with E-state index in [1.165, 1.54) is 25.7 Å². The van der Waals surface area contributed by atoms with Gasteiger partial charge in [0.15, 0.2) is 0 Å². The van der Waals surface area contributed by atoms with E-state index in [1.54, 1.807) is 6.92 Å². The van der Waals surface area contributed by atoms with Crippen LogP contribution in [0.5, 0.6) is 0 Å². The summed E-state index contributed by atoms with van der Waals surface area (Å²) < 4.78 is 5.64. The first-order valence-corrected chi connectivity index (χ1v) is 7.14. The maximum Gasteiger partial charge on any atom is 0.323 e. The number of aliphatic carboxylic acids is 1. The first kappa shape index (κ1) is 15.4. The molecule has 0 heterocycles. The molecule has 2 N–H and O–H groups in total. The highest BCUT2D eigenvalue weighted by Gasteiger charge is 2.31. The first-order chi connectivity index (χ1) is 8.58. The zero-order valence-corrected chi connectivity index (χ0v) is 11.7. The smallest absolute Gasteiger partial charge is 0.323 e. The fraction of sp³-hybridized carbons (Fsp3) is 0.929. The molecule has 18 heavy (non-hydrogen) atoms. The molecule has 0 radical (unpaired) electrons. The van der Waals surface area contributed by atoms with E-state index in [1.807, 2.05) is 6.92 Å². The number of ether oxygens (including phenoxy) is 1. The average molecular weight is 257 g/mol. The molecule has 4 heteroatoms. The normalized spacial score (nSPS) is 19.9. The second-order valence-corrected chi connectivity index (χ2v) is 5.54. The van der Waals surface area contributed by atoms with Crippen LogP contribution in [0.3, 0.4) is 0 Å². The molecule has 1 aliphatic carbocycles. The zero-order valence-electron chi connectivity index (χ0n) is 11.7.